The second-order valence-corrected chi connectivity index (χ2v) is 5.42. The molecule has 1 aromatic rings. The van der Waals surface area contributed by atoms with Crippen molar-refractivity contribution in [3.8, 4) is 0 Å². The molecule has 3 nitrogen and oxygen atoms in total. The molecule has 100 valence electrons. The summed E-state index contributed by atoms with van der Waals surface area (Å²) in [4.78, 5) is 11.8. The van der Waals surface area contributed by atoms with Crippen molar-refractivity contribution in [1.29, 1.82) is 0 Å². The van der Waals surface area contributed by atoms with E-state index in [0.717, 1.165) is 11.3 Å². The predicted molar refractivity (Wildman–Crippen MR) is 78.0 cm³/mol. The van der Waals surface area contributed by atoms with Crippen molar-refractivity contribution in [2.75, 3.05) is 11.9 Å². The molecule has 1 atom stereocenters. The zero-order valence-corrected chi connectivity index (χ0v) is 12.7. The maximum atomic E-state index is 12.0. The molecular formula is C14H20BrNO2. The number of alkyl halides is 1. The van der Waals surface area contributed by atoms with Gasteiger partial charge in [0.1, 0.15) is 0 Å². The van der Waals surface area contributed by atoms with E-state index in [1.165, 1.54) is 0 Å². The Morgan fingerprint density at radius 2 is 2.06 bits per heavy atom. The van der Waals surface area contributed by atoms with E-state index in [2.05, 4.69) is 21.2 Å². The highest BCUT2D eigenvalue weighted by Gasteiger charge is 2.19. The van der Waals surface area contributed by atoms with Crippen molar-refractivity contribution in [2.45, 2.75) is 32.2 Å². The van der Waals surface area contributed by atoms with Crippen molar-refractivity contribution in [1.82, 2.24) is 0 Å². The molecule has 1 rings (SSSR count). The van der Waals surface area contributed by atoms with Crippen molar-refractivity contribution < 1.29 is 9.53 Å². The lowest BCUT2D eigenvalue weighted by molar-refractivity contribution is -0.116. The van der Waals surface area contributed by atoms with Gasteiger partial charge in [-0.15, -0.1) is 0 Å². The lowest BCUT2D eigenvalue weighted by Crippen LogP contribution is -2.27. The Morgan fingerprint density at radius 3 is 2.67 bits per heavy atom. The highest BCUT2D eigenvalue weighted by Crippen LogP contribution is 2.19. The number of hydrogen-bond acceptors (Lipinski definition) is 2. The Bertz CT molecular complexity index is 393. The summed E-state index contributed by atoms with van der Waals surface area (Å²) in [5, 5.41) is 2.93. The normalized spacial score (nSPS) is 12.5. The summed E-state index contributed by atoms with van der Waals surface area (Å²) < 4.78 is 5.39. The third kappa shape index (κ3) is 4.42. The van der Waals surface area contributed by atoms with Gasteiger partial charge in [-0.2, -0.15) is 0 Å². The van der Waals surface area contributed by atoms with Crippen LogP contribution in [0, 0.1) is 5.92 Å². The van der Waals surface area contributed by atoms with Gasteiger partial charge in [0, 0.05) is 17.9 Å². The first-order valence-electron chi connectivity index (χ1n) is 6.16. The Kier molecular flexibility index (Phi) is 6.36. The number of para-hydroxylation sites is 1. The number of amides is 1. The molecule has 0 radical (unpaired) electrons. The smallest absolute Gasteiger partial charge is 0.238 e. The van der Waals surface area contributed by atoms with E-state index >= 15 is 0 Å². The third-order valence-electron chi connectivity index (χ3n) is 2.57. The van der Waals surface area contributed by atoms with Crippen LogP contribution < -0.4 is 5.32 Å². The van der Waals surface area contributed by atoms with E-state index in [9.17, 15) is 4.79 Å². The monoisotopic (exact) mass is 313 g/mol. The van der Waals surface area contributed by atoms with Crippen LogP contribution in [0.1, 0.15) is 26.3 Å². The van der Waals surface area contributed by atoms with Crippen molar-refractivity contribution in [2.24, 2.45) is 5.92 Å². The summed E-state index contributed by atoms with van der Waals surface area (Å²) in [6.45, 7) is 7.14. The molecule has 0 fully saturated rings. The van der Waals surface area contributed by atoms with Gasteiger partial charge < -0.3 is 10.1 Å². The number of halogens is 1. The van der Waals surface area contributed by atoms with Crippen LogP contribution in [-0.4, -0.2) is 17.3 Å². The summed E-state index contributed by atoms with van der Waals surface area (Å²) in [6.07, 6.45) is 0. The standard InChI is InChI=1S/C14H20BrNO2/c1-4-18-9-11-7-5-6-8-12(11)16-14(17)13(15)10(2)3/h5-8,10,13H,4,9H2,1-3H3,(H,16,17). The zero-order chi connectivity index (χ0) is 13.5. The fourth-order valence-electron chi connectivity index (χ4n) is 1.48. The minimum Gasteiger partial charge on any atom is -0.377 e. The van der Waals surface area contributed by atoms with Crippen LogP contribution in [0.5, 0.6) is 0 Å². The van der Waals surface area contributed by atoms with Gasteiger partial charge in [0.2, 0.25) is 5.91 Å². The molecule has 0 heterocycles. The van der Waals surface area contributed by atoms with E-state index in [1.54, 1.807) is 0 Å². The average Bonchev–Trinajstić information content (AvgIpc) is 2.36. The van der Waals surface area contributed by atoms with Crippen LogP contribution in [0.25, 0.3) is 0 Å². The predicted octanol–water partition coefficient (Wildman–Crippen LogP) is 3.58. The molecule has 0 saturated carbocycles. The topological polar surface area (TPSA) is 38.3 Å². The number of nitrogens with one attached hydrogen (secondary N) is 1. The molecule has 0 aliphatic heterocycles. The lowest BCUT2D eigenvalue weighted by atomic mass is 10.1. The molecule has 0 saturated heterocycles. The molecule has 4 heteroatoms. The highest BCUT2D eigenvalue weighted by atomic mass is 79.9. The summed E-state index contributed by atoms with van der Waals surface area (Å²) in [5.74, 6) is 0.234. The van der Waals surface area contributed by atoms with Crippen LogP contribution in [0.15, 0.2) is 24.3 Å². The summed E-state index contributed by atoms with van der Waals surface area (Å²) in [5.41, 5.74) is 1.82. The first-order chi connectivity index (χ1) is 8.56. The molecule has 0 aromatic heterocycles. The fourth-order valence-corrected chi connectivity index (χ4v) is 1.60. The minimum absolute atomic E-state index is 0.0195. The number of anilines is 1. The van der Waals surface area contributed by atoms with Crippen LogP contribution in [0.4, 0.5) is 5.69 Å². The van der Waals surface area contributed by atoms with E-state index in [4.69, 9.17) is 4.74 Å². The molecule has 0 bridgehead atoms. The van der Waals surface area contributed by atoms with Crippen molar-refractivity contribution >= 4 is 27.5 Å². The number of hydrogen-bond donors (Lipinski definition) is 1. The van der Waals surface area contributed by atoms with Gasteiger partial charge in [-0.3, -0.25) is 4.79 Å². The zero-order valence-electron chi connectivity index (χ0n) is 11.1. The second kappa shape index (κ2) is 7.54. The number of carbonyl (C=O) groups is 1. The number of carbonyl (C=O) groups excluding carboxylic acids is 1. The Labute approximate surface area is 117 Å². The Morgan fingerprint density at radius 1 is 1.39 bits per heavy atom. The van der Waals surface area contributed by atoms with Gasteiger partial charge in [0.15, 0.2) is 0 Å². The number of rotatable bonds is 6. The van der Waals surface area contributed by atoms with Crippen LogP contribution >= 0.6 is 15.9 Å². The molecule has 1 amide bonds. The summed E-state index contributed by atoms with van der Waals surface area (Å²) in [6, 6.07) is 7.71. The van der Waals surface area contributed by atoms with Crippen molar-refractivity contribution in [3.05, 3.63) is 29.8 Å². The molecule has 0 spiro atoms. The van der Waals surface area contributed by atoms with Gasteiger partial charge in [-0.1, -0.05) is 48.0 Å². The molecule has 0 aliphatic carbocycles. The molecule has 0 aliphatic rings. The first kappa shape index (κ1) is 15.2. The first-order valence-corrected chi connectivity index (χ1v) is 7.08. The molecule has 1 aromatic carbocycles. The molecule has 1 unspecified atom stereocenters. The lowest BCUT2D eigenvalue weighted by Gasteiger charge is -2.16. The maximum absolute atomic E-state index is 12.0. The number of benzene rings is 1. The van der Waals surface area contributed by atoms with E-state index < -0.39 is 0 Å². The van der Waals surface area contributed by atoms with Crippen LogP contribution in [0.3, 0.4) is 0 Å². The summed E-state index contributed by atoms with van der Waals surface area (Å²) >= 11 is 3.40. The van der Waals surface area contributed by atoms with Gasteiger partial charge in [-0.25, -0.2) is 0 Å². The van der Waals surface area contributed by atoms with Gasteiger partial charge in [0.25, 0.3) is 0 Å². The highest BCUT2D eigenvalue weighted by molar-refractivity contribution is 9.10. The fraction of sp³-hybridized carbons (Fsp3) is 0.500. The maximum Gasteiger partial charge on any atom is 0.238 e. The summed E-state index contributed by atoms with van der Waals surface area (Å²) in [7, 11) is 0. The van der Waals surface area contributed by atoms with Crippen LogP contribution in [-0.2, 0) is 16.1 Å². The SMILES string of the molecule is CCOCc1ccccc1NC(=O)C(Br)C(C)C. The van der Waals surface area contributed by atoms with Gasteiger partial charge in [0.05, 0.1) is 11.4 Å². The van der Waals surface area contributed by atoms with E-state index in [0.29, 0.717) is 13.2 Å². The molecule has 1 N–H and O–H groups in total. The molecular weight excluding hydrogens is 294 g/mol. The van der Waals surface area contributed by atoms with E-state index in [-0.39, 0.29) is 16.7 Å². The Hall–Kier alpha value is -0.870. The van der Waals surface area contributed by atoms with Gasteiger partial charge in [-0.05, 0) is 18.9 Å². The second-order valence-electron chi connectivity index (χ2n) is 4.43. The van der Waals surface area contributed by atoms with Crippen LogP contribution in [0.2, 0.25) is 0 Å². The van der Waals surface area contributed by atoms with E-state index in [1.807, 2.05) is 45.0 Å². The average molecular weight is 314 g/mol. The third-order valence-corrected chi connectivity index (χ3v) is 4.05. The van der Waals surface area contributed by atoms with Crippen molar-refractivity contribution in [3.63, 3.8) is 0 Å². The largest absolute Gasteiger partial charge is 0.377 e. The minimum atomic E-state index is -0.183. The quantitative estimate of drug-likeness (QED) is 0.815. The van der Waals surface area contributed by atoms with Gasteiger partial charge >= 0.3 is 0 Å². The Balaban J connectivity index is 2.74. The number of ether oxygens (including phenoxy) is 1. The molecule has 18 heavy (non-hydrogen) atoms.